The van der Waals surface area contributed by atoms with E-state index < -0.39 is 5.82 Å². The predicted octanol–water partition coefficient (Wildman–Crippen LogP) is 4.15. The second kappa shape index (κ2) is 8.38. The highest BCUT2D eigenvalue weighted by Gasteiger charge is 2.18. The Morgan fingerprint density at radius 1 is 0.885 bits per heavy atom. The van der Waals surface area contributed by atoms with E-state index in [1.54, 1.807) is 31.2 Å². The molecule has 2 aromatic carbocycles. The van der Waals surface area contributed by atoms with Crippen molar-refractivity contribution in [2.45, 2.75) is 6.92 Å². The Hall–Kier alpha value is -3.02. The fraction of sp³-hybridized carbons (Fsp3) is 0.250. The van der Waals surface area contributed by atoms with Crippen molar-refractivity contribution >= 4 is 11.9 Å². The minimum atomic E-state index is -0.491. The van der Waals surface area contributed by atoms with Gasteiger partial charge in [0.05, 0.1) is 28.4 Å². The Bertz CT molecular complexity index is 817. The highest BCUT2D eigenvalue weighted by Crippen LogP contribution is 2.38. The fourth-order valence-electron chi connectivity index (χ4n) is 2.53. The molecule has 0 atom stereocenters. The molecule has 0 N–H and O–H groups in total. The normalized spacial score (nSPS) is 11.1. The van der Waals surface area contributed by atoms with Gasteiger partial charge in [0, 0.05) is 5.56 Å². The third-order valence-corrected chi connectivity index (χ3v) is 3.84. The van der Waals surface area contributed by atoms with Crippen LogP contribution in [0.1, 0.15) is 22.8 Å². The van der Waals surface area contributed by atoms with Gasteiger partial charge in [0.15, 0.2) is 28.8 Å². The molecular weight excluding hydrogens is 339 g/mol. The van der Waals surface area contributed by atoms with E-state index in [9.17, 15) is 9.18 Å². The van der Waals surface area contributed by atoms with Crippen molar-refractivity contribution in [1.82, 2.24) is 0 Å². The Morgan fingerprint density at radius 3 is 1.92 bits per heavy atom. The second-order valence-electron chi connectivity index (χ2n) is 5.46. The summed E-state index contributed by atoms with van der Waals surface area (Å²) in [7, 11) is 5.85. The second-order valence-corrected chi connectivity index (χ2v) is 5.46. The number of carbonyl (C=O) groups is 1. The predicted molar refractivity (Wildman–Crippen MR) is 97.0 cm³/mol. The topological polar surface area (TPSA) is 54.0 Å². The number of benzene rings is 2. The number of methoxy groups -OCH3 is 4. The molecule has 0 spiro atoms. The molecule has 0 unspecified atom stereocenters. The lowest BCUT2D eigenvalue weighted by Crippen LogP contribution is -2.04. The summed E-state index contributed by atoms with van der Waals surface area (Å²) in [4.78, 5) is 12.8. The van der Waals surface area contributed by atoms with Crippen LogP contribution in [0.3, 0.4) is 0 Å². The maximum absolute atomic E-state index is 13.8. The largest absolute Gasteiger partial charge is 0.494 e. The first kappa shape index (κ1) is 19.3. The van der Waals surface area contributed by atoms with Crippen molar-refractivity contribution in [3.63, 3.8) is 0 Å². The molecular formula is C20H21FO5. The zero-order valence-corrected chi connectivity index (χ0v) is 15.4. The van der Waals surface area contributed by atoms with Crippen LogP contribution in [0, 0.1) is 5.82 Å². The highest BCUT2D eigenvalue weighted by molar-refractivity contribution is 6.11. The van der Waals surface area contributed by atoms with Gasteiger partial charge in [-0.3, -0.25) is 4.79 Å². The average Bonchev–Trinajstić information content (AvgIpc) is 2.66. The number of hydrogen-bond acceptors (Lipinski definition) is 5. The van der Waals surface area contributed by atoms with Crippen molar-refractivity contribution in [1.29, 1.82) is 0 Å². The van der Waals surface area contributed by atoms with Crippen LogP contribution in [0.15, 0.2) is 35.9 Å². The molecule has 0 heterocycles. The van der Waals surface area contributed by atoms with Crippen LogP contribution in [0.5, 0.6) is 23.0 Å². The van der Waals surface area contributed by atoms with Crippen molar-refractivity contribution < 1.29 is 28.1 Å². The van der Waals surface area contributed by atoms with Gasteiger partial charge < -0.3 is 18.9 Å². The van der Waals surface area contributed by atoms with Crippen molar-refractivity contribution in [2.75, 3.05) is 28.4 Å². The quantitative estimate of drug-likeness (QED) is 0.548. The molecule has 0 saturated heterocycles. The third kappa shape index (κ3) is 3.96. The van der Waals surface area contributed by atoms with E-state index in [1.807, 2.05) is 0 Å². The van der Waals surface area contributed by atoms with Crippen LogP contribution < -0.4 is 18.9 Å². The molecule has 6 heteroatoms. The van der Waals surface area contributed by atoms with Gasteiger partial charge >= 0.3 is 0 Å². The smallest absolute Gasteiger partial charge is 0.203 e. The standard InChI is InChI=1S/C20H21FO5/c1-12(8-13-6-7-16(23-2)15(21)9-13)19(22)14-10-17(24-3)20(26-5)18(11-14)25-4/h6-11H,1-5H3/b12-8+. The van der Waals surface area contributed by atoms with Crippen LogP contribution in [0.4, 0.5) is 4.39 Å². The molecule has 5 nitrogen and oxygen atoms in total. The molecule has 0 aromatic heterocycles. The SMILES string of the molecule is COc1ccc(/C=C(\C)C(=O)c2cc(OC)c(OC)c(OC)c2)cc1F. The number of carbonyl (C=O) groups excluding carboxylic acids is 1. The Morgan fingerprint density at radius 2 is 1.46 bits per heavy atom. The lowest BCUT2D eigenvalue weighted by Gasteiger charge is -2.13. The number of rotatable bonds is 7. The van der Waals surface area contributed by atoms with E-state index in [-0.39, 0.29) is 11.5 Å². The molecule has 0 radical (unpaired) electrons. The molecule has 0 fully saturated rings. The first-order valence-corrected chi connectivity index (χ1v) is 7.81. The summed E-state index contributed by atoms with van der Waals surface area (Å²) in [5, 5.41) is 0. The Labute approximate surface area is 151 Å². The van der Waals surface area contributed by atoms with Crippen LogP contribution in [-0.2, 0) is 0 Å². The van der Waals surface area contributed by atoms with Crippen molar-refractivity contribution in [3.8, 4) is 23.0 Å². The van der Waals surface area contributed by atoms with Crippen molar-refractivity contribution in [3.05, 3.63) is 52.8 Å². The van der Waals surface area contributed by atoms with Gasteiger partial charge in [0.2, 0.25) is 5.75 Å². The molecule has 26 heavy (non-hydrogen) atoms. The Kier molecular flexibility index (Phi) is 6.22. The van der Waals surface area contributed by atoms with E-state index in [0.29, 0.717) is 33.9 Å². The van der Waals surface area contributed by atoms with Crippen LogP contribution in [0.2, 0.25) is 0 Å². The molecule has 0 aliphatic heterocycles. The van der Waals surface area contributed by atoms with Gasteiger partial charge in [-0.15, -0.1) is 0 Å². The van der Waals surface area contributed by atoms with Crippen LogP contribution in [-0.4, -0.2) is 34.2 Å². The van der Waals surface area contributed by atoms with Gasteiger partial charge in [-0.2, -0.15) is 0 Å². The van der Waals surface area contributed by atoms with E-state index in [0.717, 1.165) is 0 Å². The lowest BCUT2D eigenvalue weighted by molar-refractivity contribution is 0.103. The average molecular weight is 360 g/mol. The molecule has 0 aliphatic carbocycles. The highest BCUT2D eigenvalue weighted by atomic mass is 19.1. The molecule has 0 amide bonds. The summed E-state index contributed by atoms with van der Waals surface area (Å²) >= 11 is 0. The zero-order chi connectivity index (χ0) is 19.3. The molecule has 0 saturated carbocycles. The van der Waals surface area contributed by atoms with Gasteiger partial charge in [0.25, 0.3) is 0 Å². The summed E-state index contributed by atoms with van der Waals surface area (Å²) in [5.74, 6) is 0.605. The summed E-state index contributed by atoms with van der Waals surface area (Å²) in [5.41, 5.74) is 1.37. The molecule has 138 valence electrons. The van der Waals surface area contributed by atoms with E-state index in [2.05, 4.69) is 0 Å². The minimum Gasteiger partial charge on any atom is -0.494 e. The first-order valence-electron chi connectivity index (χ1n) is 7.81. The van der Waals surface area contributed by atoms with E-state index in [1.165, 1.54) is 40.6 Å². The molecule has 0 bridgehead atoms. The van der Waals surface area contributed by atoms with Gasteiger partial charge in [0.1, 0.15) is 0 Å². The number of Topliss-reactive ketones (excluding diaryl/α,β-unsaturated/α-hetero) is 1. The van der Waals surface area contributed by atoms with Crippen LogP contribution in [0.25, 0.3) is 6.08 Å². The maximum atomic E-state index is 13.8. The summed E-state index contributed by atoms with van der Waals surface area (Å²) in [6.07, 6.45) is 1.61. The van der Waals surface area contributed by atoms with Gasteiger partial charge in [-0.05, 0) is 48.4 Å². The fourth-order valence-corrected chi connectivity index (χ4v) is 2.53. The first-order chi connectivity index (χ1) is 12.4. The molecule has 2 rings (SSSR count). The minimum absolute atomic E-state index is 0.149. The summed E-state index contributed by atoms with van der Waals surface area (Å²) < 4.78 is 34.5. The molecule has 2 aromatic rings. The number of ether oxygens (including phenoxy) is 4. The third-order valence-electron chi connectivity index (χ3n) is 3.84. The lowest BCUT2D eigenvalue weighted by atomic mass is 10.0. The summed E-state index contributed by atoms with van der Waals surface area (Å²) in [6.45, 7) is 1.66. The number of ketones is 1. The van der Waals surface area contributed by atoms with Gasteiger partial charge in [-0.1, -0.05) is 6.07 Å². The van der Waals surface area contributed by atoms with E-state index in [4.69, 9.17) is 18.9 Å². The Balaban J connectivity index is 2.40. The molecule has 0 aliphatic rings. The van der Waals surface area contributed by atoms with Gasteiger partial charge in [-0.25, -0.2) is 4.39 Å². The number of halogens is 1. The maximum Gasteiger partial charge on any atom is 0.203 e. The number of hydrogen-bond donors (Lipinski definition) is 0. The van der Waals surface area contributed by atoms with Crippen molar-refractivity contribution in [2.24, 2.45) is 0 Å². The monoisotopic (exact) mass is 360 g/mol. The zero-order valence-electron chi connectivity index (χ0n) is 15.4. The summed E-state index contributed by atoms with van der Waals surface area (Å²) in [6, 6.07) is 7.66. The van der Waals surface area contributed by atoms with E-state index >= 15 is 0 Å². The number of allylic oxidation sites excluding steroid dienone is 1. The van der Waals surface area contributed by atoms with Crippen LogP contribution >= 0.6 is 0 Å².